The van der Waals surface area contributed by atoms with E-state index >= 15 is 0 Å². The minimum atomic E-state index is -4.14. The summed E-state index contributed by atoms with van der Waals surface area (Å²) in [6.45, 7) is 3.49. The second kappa shape index (κ2) is 9.88. The number of anilines is 2. The highest BCUT2D eigenvalue weighted by molar-refractivity contribution is 7.92. The van der Waals surface area contributed by atoms with Crippen LogP contribution in [0.4, 0.5) is 17.1 Å². The van der Waals surface area contributed by atoms with Gasteiger partial charge >= 0.3 is 0 Å². The van der Waals surface area contributed by atoms with Crippen molar-refractivity contribution in [2.75, 3.05) is 16.6 Å². The summed E-state index contributed by atoms with van der Waals surface area (Å²) in [5, 5.41) is 14.2. The van der Waals surface area contributed by atoms with E-state index in [-0.39, 0.29) is 45.4 Å². The van der Waals surface area contributed by atoms with Crippen molar-refractivity contribution in [1.29, 1.82) is 0 Å². The summed E-state index contributed by atoms with van der Waals surface area (Å²) in [6.07, 6.45) is 0. The number of carbonyl (C=O) groups is 1. The lowest BCUT2D eigenvalue weighted by molar-refractivity contribution is -0.385. The monoisotopic (exact) mass is 489 g/mol. The van der Waals surface area contributed by atoms with E-state index in [1.165, 1.54) is 49.4 Å². The van der Waals surface area contributed by atoms with Gasteiger partial charge in [-0.2, -0.15) is 0 Å². The molecule has 2 N–H and O–H groups in total. The van der Waals surface area contributed by atoms with Gasteiger partial charge in [-0.05, 0) is 56.3 Å². The predicted octanol–water partition coefficient (Wildman–Crippen LogP) is 5.01. The van der Waals surface area contributed by atoms with Crippen LogP contribution >= 0.6 is 11.6 Å². The average molecular weight is 490 g/mol. The number of halogens is 1. The second-order valence-electron chi connectivity index (χ2n) is 6.87. The molecule has 33 heavy (non-hydrogen) atoms. The number of nitro groups is 1. The topological polar surface area (TPSA) is 128 Å². The lowest BCUT2D eigenvalue weighted by Gasteiger charge is -2.15. The zero-order valence-corrected chi connectivity index (χ0v) is 19.2. The lowest BCUT2D eigenvalue weighted by atomic mass is 10.2. The van der Waals surface area contributed by atoms with Crippen LogP contribution in [0.25, 0.3) is 0 Å². The Morgan fingerprint density at radius 3 is 2.48 bits per heavy atom. The first-order valence-corrected chi connectivity index (χ1v) is 11.6. The van der Waals surface area contributed by atoms with E-state index in [9.17, 15) is 23.3 Å². The van der Waals surface area contributed by atoms with Gasteiger partial charge in [-0.1, -0.05) is 23.7 Å². The maximum atomic E-state index is 13.0. The number of hydrogen-bond donors (Lipinski definition) is 2. The molecule has 3 aromatic rings. The van der Waals surface area contributed by atoms with Gasteiger partial charge in [-0.3, -0.25) is 19.6 Å². The molecular weight excluding hydrogens is 470 g/mol. The molecule has 172 valence electrons. The number of nitro benzene ring substituents is 1. The van der Waals surface area contributed by atoms with Crippen molar-refractivity contribution in [3.05, 3.63) is 86.9 Å². The second-order valence-corrected chi connectivity index (χ2v) is 8.99. The standard InChI is InChI=1S/C22H20ClN3O6S/c1-3-32-21-11-10-17(13-19(21)24-22(27)15-6-4-7-16(23)12-15)33(30,31)25-18-8-5-9-20(14(18)2)26(28)29/h4-13,25H,3H2,1-2H3,(H,24,27). The third-order valence-electron chi connectivity index (χ3n) is 4.64. The number of amides is 1. The quantitative estimate of drug-likeness (QED) is 0.338. The Hall–Kier alpha value is -3.63. The Labute approximate surface area is 195 Å². The molecule has 0 heterocycles. The zero-order valence-electron chi connectivity index (χ0n) is 17.7. The fourth-order valence-electron chi connectivity index (χ4n) is 3.02. The SMILES string of the molecule is CCOc1ccc(S(=O)(=O)Nc2cccc([N+](=O)[O-])c2C)cc1NC(=O)c1cccc(Cl)c1. The summed E-state index contributed by atoms with van der Waals surface area (Å²) >= 11 is 5.94. The van der Waals surface area contributed by atoms with Crippen LogP contribution in [0.5, 0.6) is 5.75 Å². The molecular formula is C22H20ClN3O6S. The van der Waals surface area contributed by atoms with Crippen molar-refractivity contribution in [3.63, 3.8) is 0 Å². The van der Waals surface area contributed by atoms with Crippen LogP contribution in [-0.2, 0) is 10.0 Å². The highest BCUT2D eigenvalue weighted by atomic mass is 35.5. The molecule has 0 aliphatic rings. The molecule has 0 aromatic heterocycles. The number of nitrogens with one attached hydrogen (secondary N) is 2. The normalized spacial score (nSPS) is 11.0. The number of ether oxygens (including phenoxy) is 1. The molecule has 0 unspecified atom stereocenters. The van der Waals surface area contributed by atoms with E-state index in [1.54, 1.807) is 25.1 Å². The van der Waals surface area contributed by atoms with Crippen LogP contribution < -0.4 is 14.8 Å². The Morgan fingerprint density at radius 2 is 1.82 bits per heavy atom. The molecule has 0 aliphatic carbocycles. The number of sulfonamides is 1. The first-order valence-electron chi connectivity index (χ1n) is 9.73. The van der Waals surface area contributed by atoms with Crippen molar-refractivity contribution >= 4 is 44.6 Å². The van der Waals surface area contributed by atoms with Crippen molar-refractivity contribution < 1.29 is 22.9 Å². The first-order chi connectivity index (χ1) is 15.6. The minimum absolute atomic E-state index is 0.0718. The van der Waals surface area contributed by atoms with E-state index in [4.69, 9.17) is 16.3 Å². The van der Waals surface area contributed by atoms with E-state index in [0.29, 0.717) is 5.02 Å². The van der Waals surface area contributed by atoms with Gasteiger partial charge in [-0.25, -0.2) is 8.42 Å². The molecule has 9 nitrogen and oxygen atoms in total. The predicted molar refractivity (Wildman–Crippen MR) is 126 cm³/mol. The maximum Gasteiger partial charge on any atom is 0.274 e. The van der Waals surface area contributed by atoms with Crippen LogP contribution in [0.2, 0.25) is 5.02 Å². The molecule has 0 fully saturated rings. The number of rotatable bonds is 8. The van der Waals surface area contributed by atoms with Crippen molar-refractivity contribution in [3.8, 4) is 5.75 Å². The van der Waals surface area contributed by atoms with E-state index in [0.717, 1.165) is 0 Å². The average Bonchev–Trinajstić information content (AvgIpc) is 2.76. The van der Waals surface area contributed by atoms with E-state index in [1.807, 2.05) is 0 Å². The molecule has 0 atom stereocenters. The van der Waals surface area contributed by atoms with Gasteiger partial charge in [0.05, 0.1) is 33.4 Å². The number of nitrogens with zero attached hydrogens (tertiary/aromatic N) is 1. The van der Waals surface area contributed by atoms with Crippen LogP contribution in [0.15, 0.2) is 65.6 Å². The van der Waals surface area contributed by atoms with Crippen LogP contribution in [-0.4, -0.2) is 25.9 Å². The van der Waals surface area contributed by atoms with Gasteiger partial charge in [0.25, 0.3) is 21.6 Å². The molecule has 0 radical (unpaired) electrons. The smallest absolute Gasteiger partial charge is 0.274 e. The molecule has 3 aromatic carbocycles. The van der Waals surface area contributed by atoms with Gasteiger partial charge in [0.15, 0.2) is 0 Å². The maximum absolute atomic E-state index is 13.0. The number of hydrogen-bond acceptors (Lipinski definition) is 6. The summed E-state index contributed by atoms with van der Waals surface area (Å²) in [5.41, 5.74) is 0.453. The molecule has 0 aliphatic heterocycles. The highest BCUT2D eigenvalue weighted by Crippen LogP contribution is 2.31. The zero-order chi connectivity index (χ0) is 24.2. The molecule has 0 saturated carbocycles. The van der Waals surface area contributed by atoms with Gasteiger partial charge in [0, 0.05) is 16.7 Å². The third-order valence-corrected chi connectivity index (χ3v) is 6.24. The number of carbonyl (C=O) groups excluding carboxylic acids is 1. The summed E-state index contributed by atoms with van der Waals surface area (Å²) < 4.78 is 33.9. The molecule has 1 amide bonds. The number of benzene rings is 3. The lowest BCUT2D eigenvalue weighted by Crippen LogP contribution is -2.16. The van der Waals surface area contributed by atoms with E-state index < -0.39 is 20.9 Å². The molecule has 0 bridgehead atoms. The van der Waals surface area contributed by atoms with Crippen LogP contribution in [0.1, 0.15) is 22.8 Å². The van der Waals surface area contributed by atoms with Crippen LogP contribution in [0.3, 0.4) is 0 Å². The molecule has 11 heteroatoms. The van der Waals surface area contributed by atoms with Crippen molar-refractivity contribution in [2.45, 2.75) is 18.7 Å². The largest absolute Gasteiger partial charge is 0.492 e. The highest BCUT2D eigenvalue weighted by Gasteiger charge is 2.21. The summed E-state index contributed by atoms with van der Waals surface area (Å²) in [5.74, 6) is -0.228. The van der Waals surface area contributed by atoms with E-state index in [2.05, 4.69) is 10.0 Å². The molecule has 3 rings (SSSR count). The summed E-state index contributed by atoms with van der Waals surface area (Å²) in [7, 11) is -4.14. The minimum Gasteiger partial charge on any atom is -0.492 e. The molecule has 0 spiro atoms. The Balaban J connectivity index is 1.96. The van der Waals surface area contributed by atoms with Gasteiger partial charge in [0.2, 0.25) is 0 Å². The third kappa shape index (κ3) is 5.60. The Morgan fingerprint density at radius 1 is 1.09 bits per heavy atom. The first kappa shape index (κ1) is 24.0. The van der Waals surface area contributed by atoms with Gasteiger partial charge in [-0.15, -0.1) is 0 Å². The van der Waals surface area contributed by atoms with Crippen molar-refractivity contribution in [2.24, 2.45) is 0 Å². The van der Waals surface area contributed by atoms with Crippen LogP contribution in [0, 0.1) is 17.0 Å². The van der Waals surface area contributed by atoms with Crippen molar-refractivity contribution in [1.82, 2.24) is 0 Å². The molecule has 0 saturated heterocycles. The summed E-state index contributed by atoms with van der Waals surface area (Å²) in [6, 6.07) is 14.4. The fourth-order valence-corrected chi connectivity index (χ4v) is 4.35. The van der Waals surface area contributed by atoms with Gasteiger partial charge < -0.3 is 10.1 Å². The Bertz CT molecular complexity index is 1330. The Kier molecular flexibility index (Phi) is 7.19. The fraction of sp³-hybridized carbons (Fsp3) is 0.136. The summed E-state index contributed by atoms with van der Waals surface area (Å²) in [4.78, 5) is 23.1. The van der Waals surface area contributed by atoms with Gasteiger partial charge in [0.1, 0.15) is 5.75 Å².